The fourth-order valence-corrected chi connectivity index (χ4v) is 5.56. The van der Waals surface area contributed by atoms with Crippen molar-refractivity contribution >= 4 is 28.9 Å². The van der Waals surface area contributed by atoms with E-state index in [0.717, 1.165) is 24.2 Å². The molecule has 1 aromatic heterocycles. The Balaban J connectivity index is 1.41. The zero-order valence-electron chi connectivity index (χ0n) is 21.8. The normalized spacial score (nSPS) is 17.6. The standard InChI is InChI=1S/C29H31FN4O4S/c1-37-26-6-3-2-5-23(26)25-19-24(21-8-10-22(30)11-9-21)31-34(25)28(35)20-33(29(36)27-7-4-18-39-27)13-12-32-14-16-38-17-15-32/h2-11,18,25H,12-17,19-20H2,1H3. The zero-order valence-corrected chi connectivity index (χ0v) is 22.6. The second-order valence-corrected chi connectivity index (χ2v) is 10.4. The van der Waals surface area contributed by atoms with E-state index in [4.69, 9.17) is 14.6 Å². The van der Waals surface area contributed by atoms with E-state index in [2.05, 4.69) is 4.90 Å². The lowest BCUT2D eigenvalue weighted by molar-refractivity contribution is -0.133. The summed E-state index contributed by atoms with van der Waals surface area (Å²) >= 11 is 1.36. The smallest absolute Gasteiger partial charge is 0.264 e. The van der Waals surface area contributed by atoms with Crippen molar-refractivity contribution < 1.29 is 23.5 Å². The molecule has 39 heavy (non-hydrogen) atoms. The molecule has 2 aliphatic rings. The molecule has 0 saturated carbocycles. The van der Waals surface area contributed by atoms with Crippen LogP contribution >= 0.6 is 11.3 Å². The summed E-state index contributed by atoms with van der Waals surface area (Å²) in [4.78, 5) is 31.7. The second-order valence-electron chi connectivity index (χ2n) is 9.41. The number of halogens is 1. The number of thiophene rings is 1. The Morgan fingerprint density at radius 3 is 2.59 bits per heavy atom. The number of hydrogen-bond acceptors (Lipinski definition) is 7. The average Bonchev–Trinajstić information content (AvgIpc) is 3.67. The van der Waals surface area contributed by atoms with Gasteiger partial charge in [-0.05, 0) is 35.2 Å². The summed E-state index contributed by atoms with van der Waals surface area (Å²) in [6.07, 6.45) is 0.435. The predicted octanol–water partition coefficient (Wildman–Crippen LogP) is 4.05. The minimum absolute atomic E-state index is 0.118. The van der Waals surface area contributed by atoms with Crippen LogP contribution in [0, 0.1) is 5.82 Å². The van der Waals surface area contributed by atoms with E-state index < -0.39 is 6.04 Å². The Morgan fingerprint density at radius 1 is 1.10 bits per heavy atom. The van der Waals surface area contributed by atoms with Gasteiger partial charge in [-0.2, -0.15) is 5.10 Å². The van der Waals surface area contributed by atoms with E-state index in [0.29, 0.717) is 49.1 Å². The number of para-hydroxylation sites is 1. The second kappa shape index (κ2) is 12.5. The number of rotatable bonds is 9. The van der Waals surface area contributed by atoms with Crippen LogP contribution in [0.15, 0.2) is 71.1 Å². The number of carbonyl (C=O) groups is 2. The number of carbonyl (C=O) groups excluding carboxylic acids is 2. The molecule has 2 amide bonds. The van der Waals surface area contributed by atoms with Gasteiger partial charge in [0.15, 0.2) is 0 Å². The van der Waals surface area contributed by atoms with Gasteiger partial charge in [0.1, 0.15) is 18.1 Å². The van der Waals surface area contributed by atoms with Crippen molar-refractivity contribution in [2.45, 2.75) is 12.5 Å². The molecular weight excluding hydrogens is 519 g/mol. The summed E-state index contributed by atoms with van der Waals surface area (Å²) in [7, 11) is 1.59. The molecule has 5 rings (SSSR count). The maximum Gasteiger partial charge on any atom is 0.264 e. The number of methoxy groups -OCH3 is 1. The van der Waals surface area contributed by atoms with Crippen molar-refractivity contribution in [3.05, 3.63) is 87.9 Å². The summed E-state index contributed by atoms with van der Waals surface area (Å²) in [5.41, 5.74) is 2.23. The SMILES string of the molecule is COc1ccccc1C1CC(c2ccc(F)cc2)=NN1C(=O)CN(CCN1CCOCC1)C(=O)c1cccs1. The molecule has 3 aromatic rings. The topological polar surface area (TPSA) is 74.7 Å². The number of ether oxygens (including phenoxy) is 2. The largest absolute Gasteiger partial charge is 0.496 e. The predicted molar refractivity (Wildman–Crippen MR) is 148 cm³/mol. The highest BCUT2D eigenvalue weighted by molar-refractivity contribution is 7.12. The quantitative estimate of drug-likeness (QED) is 0.402. The Bertz CT molecular complexity index is 1310. The van der Waals surface area contributed by atoms with Gasteiger partial charge in [-0.1, -0.05) is 36.4 Å². The first-order valence-electron chi connectivity index (χ1n) is 12.9. The number of hydrazone groups is 1. The number of morpholine rings is 1. The molecule has 204 valence electrons. The first-order valence-corrected chi connectivity index (χ1v) is 13.8. The van der Waals surface area contributed by atoms with Crippen molar-refractivity contribution in [1.82, 2.24) is 14.8 Å². The molecule has 2 aromatic carbocycles. The van der Waals surface area contributed by atoms with Crippen molar-refractivity contribution in [2.24, 2.45) is 5.10 Å². The molecule has 1 atom stereocenters. The van der Waals surface area contributed by atoms with Gasteiger partial charge in [-0.15, -0.1) is 11.3 Å². The van der Waals surface area contributed by atoms with Gasteiger partial charge in [0.25, 0.3) is 11.8 Å². The van der Waals surface area contributed by atoms with Crippen molar-refractivity contribution in [3.63, 3.8) is 0 Å². The number of hydrogen-bond donors (Lipinski definition) is 0. The third-order valence-electron chi connectivity index (χ3n) is 6.98. The van der Waals surface area contributed by atoms with Crippen molar-refractivity contribution in [3.8, 4) is 5.75 Å². The maximum absolute atomic E-state index is 13.9. The molecule has 1 fully saturated rings. The first kappa shape index (κ1) is 27.0. The average molecular weight is 551 g/mol. The van der Waals surface area contributed by atoms with Gasteiger partial charge in [0.05, 0.1) is 37.0 Å². The minimum atomic E-state index is -0.424. The van der Waals surface area contributed by atoms with Gasteiger partial charge in [0, 0.05) is 38.2 Å². The molecule has 0 bridgehead atoms. The molecule has 1 unspecified atom stereocenters. The fraction of sp³-hybridized carbons (Fsp3) is 0.345. The molecule has 8 nitrogen and oxygen atoms in total. The molecule has 3 heterocycles. The van der Waals surface area contributed by atoms with Crippen LogP contribution in [0.3, 0.4) is 0 Å². The lowest BCUT2D eigenvalue weighted by atomic mass is 9.97. The van der Waals surface area contributed by atoms with E-state index in [-0.39, 0.29) is 24.2 Å². The van der Waals surface area contributed by atoms with E-state index in [1.165, 1.54) is 28.5 Å². The molecule has 2 aliphatic heterocycles. The zero-order chi connectivity index (χ0) is 27.2. The number of nitrogens with zero attached hydrogens (tertiary/aromatic N) is 4. The van der Waals surface area contributed by atoms with E-state index in [9.17, 15) is 14.0 Å². The van der Waals surface area contributed by atoms with Crippen LogP contribution in [0.2, 0.25) is 0 Å². The van der Waals surface area contributed by atoms with Crippen molar-refractivity contribution in [2.75, 3.05) is 53.0 Å². The van der Waals surface area contributed by atoms with Crippen LogP contribution in [0.4, 0.5) is 4.39 Å². The van der Waals surface area contributed by atoms with E-state index >= 15 is 0 Å². The van der Waals surface area contributed by atoms with Crippen LogP contribution in [-0.2, 0) is 9.53 Å². The van der Waals surface area contributed by atoms with Gasteiger partial charge in [-0.25, -0.2) is 9.40 Å². The molecule has 0 N–H and O–H groups in total. The molecule has 0 spiro atoms. The summed E-state index contributed by atoms with van der Waals surface area (Å²) in [6, 6.07) is 16.8. The van der Waals surface area contributed by atoms with E-state index in [1.54, 1.807) is 30.2 Å². The Hall–Kier alpha value is -3.60. The third kappa shape index (κ3) is 6.35. The lowest BCUT2D eigenvalue weighted by Gasteiger charge is -2.31. The number of amides is 2. The molecule has 0 radical (unpaired) electrons. The van der Waals surface area contributed by atoms with Crippen molar-refractivity contribution in [1.29, 1.82) is 0 Å². The third-order valence-corrected chi connectivity index (χ3v) is 7.83. The highest BCUT2D eigenvalue weighted by atomic mass is 32.1. The van der Waals surface area contributed by atoms with Crippen LogP contribution in [0.5, 0.6) is 5.75 Å². The first-order chi connectivity index (χ1) is 19.0. The fourth-order valence-electron chi connectivity index (χ4n) is 4.87. The lowest BCUT2D eigenvalue weighted by Crippen LogP contribution is -2.46. The molecule has 10 heteroatoms. The minimum Gasteiger partial charge on any atom is -0.496 e. The molecule has 0 aliphatic carbocycles. The monoisotopic (exact) mass is 550 g/mol. The Labute approximate surface area is 231 Å². The van der Waals surface area contributed by atoms with Crippen LogP contribution in [-0.4, -0.2) is 85.4 Å². The summed E-state index contributed by atoms with van der Waals surface area (Å²) in [5, 5.41) is 8.02. The van der Waals surface area contributed by atoms with Gasteiger partial charge >= 0.3 is 0 Å². The van der Waals surface area contributed by atoms with Crippen LogP contribution in [0.1, 0.15) is 33.3 Å². The maximum atomic E-state index is 13.9. The van der Waals surface area contributed by atoms with Gasteiger partial charge < -0.3 is 14.4 Å². The Kier molecular flexibility index (Phi) is 8.65. The van der Waals surface area contributed by atoms with Crippen LogP contribution < -0.4 is 4.74 Å². The highest BCUT2D eigenvalue weighted by Crippen LogP contribution is 2.37. The Morgan fingerprint density at radius 2 is 1.87 bits per heavy atom. The van der Waals surface area contributed by atoms with Gasteiger partial charge in [0.2, 0.25) is 0 Å². The number of benzene rings is 2. The highest BCUT2D eigenvalue weighted by Gasteiger charge is 2.36. The van der Waals surface area contributed by atoms with E-state index in [1.807, 2.05) is 35.7 Å². The summed E-state index contributed by atoms with van der Waals surface area (Å²) < 4.78 is 24.6. The summed E-state index contributed by atoms with van der Waals surface area (Å²) in [6.45, 7) is 3.84. The summed E-state index contributed by atoms with van der Waals surface area (Å²) in [5.74, 6) is -0.165. The molecule has 1 saturated heterocycles. The molecular formula is C29H31FN4O4S. The van der Waals surface area contributed by atoms with Gasteiger partial charge in [-0.3, -0.25) is 14.5 Å². The van der Waals surface area contributed by atoms with Crippen LogP contribution in [0.25, 0.3) is 0 Å².